The molecule has 0 radical (unpaired) electrons. The van der Waals surface area contributed by atoms with Gasteiger partial charge in [-0.05, 0) is 43.5 Å². The zero-order chi connectivity index (χ0) is 27.1. The van der Waals surface area contributed by atoms with Crippen molar-refractivity contribution in [1.29, 1.82) is 0 Å². The van der Waals surface area contributed by atoms with Gasteiger partial charge in [0.05, 0.1) is 17.5 Å². The number of aryl methyl sites for hydroxylation is 1. The first kappa shape index (κ1) is 29.2. The van der Waals surface area contributed by atoms with Crippen molar-refractivity contribution in [2.75, 3.05) is 23.7 Å². The van der Waals surface area contributed by atoms with Gasteiger partial charge in [0.25, 0.3) is 0 Å². The summed E-state index contributed by atoms with van der Waals surface area (Å²) in [5, 5.41) is 2.76. The molecule has 7 nitrogen and oxygen atoms in total. The molecule has 0 aromatic heterocycles. The van der Waals surface area contributed by atoms with Crippen LogP contribution in [-0.2, 0) is 32.3 Å². The molecular weight excluding hydrogens is 495 g/mol. The number of hydrogen-bond donors (Lipinski definition) is 1. The van der Waals surface area contributed by atoms with Crippen molar-refractivity contribution in [1.82, 2.24) is 10.2 Å². The molecule has 2 aromatic rings. The summed E-state index contributed by atoms with van der Waals surface area (Å²) in [4.78, 5) is 27.7. The summed E-state index contributed by atoms with van der Waals surface area (Å²) in [7, 11) is -4.14. The van der Waals surface area contributed by atoms with Crippen LogP contribution >= 0.6 is 0 Å². The fourth-order valence-corrected chi connectivity index (χ4v) is 4.47. The van der Waals surface area contributed by atoms with Crippen molar-refractivity contribution >= 4 is 27.5 Å². The highest BCUT2D eigenvalue weighted by molar-refractivity contribution is 7.92. The normalized spacial score (nSPS) is 12.6. The Morgan fingerprint density at radius 1 is 1.06 bits per heavy atom. The molecule has 2 amide bonds. The zero-order valence-electron chi connectivity index (χ0n) is 20.8. The third kappa shape index (κ3) is 7.97. The fraction of sp³-hybridized carbons (Fsp3) is 0.440. The number of hydrogen-bond acceptors (Lipinski definition) is 4. The molecule has 0 spiro atoms. The lowest BCUT2D eigenvalue weighted by Crippen LogP contribution is -2.52. The van der Waals surface area contributed by atoms with Gasteiger partial charge in [0.15, 0.2) is 0 Å². The number of carbonyl (C=O) groups excluding carboxylic acids is 2. The lowest BCUT2D eigenvalue weighted by molar-refractivity contribution is -0.140. The van der Waals surface area contributed by atoms with Gasteiger partial charge in [-0.25, -0.2) is 8.42 Å². The van der Waals surface area contributed by atoms with Crippen molar-refractivity contribution in [3.8, 4) is 0 Å². The van der Waals surface area contributed by atoms with Gasteiger partial charge in [0.1, 0.15) is 12.6 Å². The van der Waals surface area contributed by atoms with Crippen LogP contribution in [0.15, 0.2) is 48.5 Å². The highest BCUT2D eigenvalue weighted by atomic mass is 32.2. The molecular formula is C25H32F3N3O4S. The molecule has 0 bridgehead atoms. The maximum Gasteiger partial charge on any atom is 0.416 e. The van der Waals surface area contributed by atoms with E-state index in [1.807, 2.05) is 26.0 Å². The summed E-state index contributed by atoms with van der Waals surface area (Å²) in [5.41, 5.74) is 0.389. The molecule has 198 valence electrons. The standard InChI is InChI=1S/C25H32F3N3O4S/c1-5-14-29-24(33)22(6-2)30(16-19-12-10-18(3)11-13-19)23(32)17-31(36(4,34)35)21-9-7-8-20(15-21)25(26,27)28/h7-13,15,22H,5-6,14,16-17H2,1-4H3,(H,29,33)/t22-/m0/s1. The number of nitrogens with one attached hydrogen (secondary N) is 1. The van der Waals surface area contributed by atoms with E-state index < -0.39 is 40.3 Å². The minimum Gasteiger partial charge on any atom is -0.354 e. The molecule has 11 heteroatoms. The molecule has 1 atom stereocenters. The maximum atomic E-state index is 13.5. The second-order valence-corrected chi connectivity index (χ2v) is 10.4. The number of rotatable bonds is 11. The van der Waals surface area contributed by atoms with Crippen LogP contribution in [0.25, 0.3) is 0 Å². The molecule has 2 aromatic carbocycles. The van der Waals surface area contributed by atoms with E-state index in [0.717, 1.165) is 29.5 Å². The van der Waals surface area contributed by atoms with Gasteiger partial charge in [-0.1, -0.05) is 49.7 Å². The van der Waals surface area contributed by atoms with Gasteiger partial charge < -0.3 is 10.2 Å². The Balaban J connectivity index is 2.46. The third-order valence-corrected chi connectivity index (χ3v) is 6.69. The highest BCUT2D eigenvalue weighted by Crippen LogP contribution is 2.32. The van der Waals surface area contributed by atoms with Crippen LogP contribution < -0.4 is 9.62 Å². The topological polar surface area (TPSA) is 86.8 Å². The van der Waals surface area contributed by atoms with E-state index in [4.69, 9.17) is 0 Å². The second-order valence-electron chi connectivity index (χ2n) is 8.54. The van der Waals surface area contributed by atoms with E-state index in [0.29, 0.717) is 23.3 Å². The number of alkyl halides is 3. The van der Waals surface area contributed by atoms with Crippen LogP contribution in [0, 0.1) is 6.92 Å². The van der Waals surface area contributed by atoms with E-state index in [2.05, 4.69) is 5.32 Å². The van der Waals surface area contributed by atoms with Crippen LogP contribution in [0.5, 0.6) is 0 Å². The highest BCUT2D eigenvalue weighted by Gasteiger charge is 2.34. The van der Waals surface area contributed by atoms with E-state index in [-0.39, 0.29) is 24.6 Å². The summed E-state index contributed by atoms with van der Waals surface area (Å²) >= 11 is 0. The first-order valence-electron chi connectivity index (χ1n) is 11.6. The SMILES string of the molecule is CCCNC(=O)[C@H](CC)N(Cc1ccc(C)cc1)C(=O)CN(c1cccc(C(F)(F)F)c1)S(C)(=O)=O. The monoisotopic (exact) mass is 527 g/mol. The first-order valence-corrected chi connectivity index (χ1v) is 13.4. The predicted molar refractivity (Wildman–Crippen MR) is 133 cm³/mol. The number of nitrogens with zero attached hydrogens (tertiary/aromatic N) is 2. The van der Waals surface area contributed by atoms with Crippen molar-refractivity contribution < 1.29 is 31.2 Å². The molecule has 1 N–H and O–H groups in total. The Bertz CT molecular complexity index is 1150. The smallest absolute Gasteiger partial charge is 0.354 e. The summed E-state index contributed by atoms with van der Waals surface area (Å²) in [6, 6.07) is 10.2. The third-order valence-electron chi connectivity index (χ3n) is 5.55. The largest absolute Gasteiger partial charge is 0.416 e. The van der Waals surface area contributed by atoms with Crippen LogP contribution in [0.4, 0.5) is 18.9 Å². The van der Waals surface area contributed by atoms with E-state index in [9.17, 15) is 31.2 Å². The minimum atomic E-state index is -4.69. The molecule has 0 aliphatic heterocycles. The molecule has 0 unspecified atom stereocenters. The molecule has 0 saturated heterocycles. The van der Waals surface area contributed by atoms with Crippen molar-refractivity contribution in [2.24, 2.45) is 0 Å². The maximum absolute atomic E-state index is 13.5. The van der Waals surface area contributed by atoms with Crippen LogP contribution in [0.1, 0.15) is 43.4 Å². The molecule has 0 aliphatic carbocycles. The quantitative estimate of drug-likeness (QED) is 0.477. The molecule has 36 heavy (non-hydrogen) atoms. The van der Waals surface area contributed by atoms with Gasteiger partial charge in [-0.15, -0.1) is 0 Å². The first-order chi connectivity index (χ1) is 16.8. The number of halogens is 3. The Morgan fingerprint density at radius 3 is 2.22 bits per heavy atom. The van der Waals surface area contributed by atoms with Gasteiger partial charge in [0.2, 0.25) is 21.8 Å². The summed E-state index contributed by atoms with van der Waals surface area (Å²) in [6.45, 7) is 5.18. The van der Waals surface area contributed by atoms with Crippen molar-refractivity contribution in [3.05, 3.63) is 65.2 Å². The van der Waals surface area contributed by atoms with Crippen LogP contribution in [0.2, 0.25) is 0 Å². The Hall–Kier alpha value is -3.08. The predicted octanol–water partition coefficient (Wildman–Crippen LogP) is 4.11. The van der Waals surface area contributed by atoms with Crippen LogP contribution in [0.3, 0.4) is 0 Å². The van der Waals surface area contributed by atoms with Gasteiger partial charge in [-0.3, -0.25) is 13.9 Å². The van der Waals surface area contributed by atoms with E-state index in [1.165, 1.54) is 11.0 Å². The Labute approximate surface area is 210 Å². The van der Waals surface area contributed by atoms with Crippen molar-refractivity contribution in [3.63, 3.8) is 0 Å². The summed E-state index contributed by atoms with van der Waals surface area (Å²) in [6.07, 6.45) is -2.93. The minimum absolute atomic E-state index is 0.0252. The number of benzene rings is 2. The number of amides is 2. The lowest BCUT2D eigenvalue weighted by atomic mass is 10.1. The number of sulfonamides is 1. The summed E-state index contributed by atoms with van der Waals surface area (Å²) < 4.78 is 65.5. The van der Waals surface area contributed by atoms with Gasteiger partial charge in [-0.2, -0.15) is 13.2 Å². The van der Waals surface area contributed by atoms with Gasteiger partial charge in [0, 0.05) is 13.1 Å². The number of anilines is 1. The fourth-order valence-electron chi connectivity index (χ4n) is 3.63. The van der Waals surface area contributed by atoms with Crippen molar-refractivity contribution in [2.45, 2.75) is 52.4 Å². The molecule has 2 rings (SSSR count). The van der Waals surface area contributed by atoms with Crippen LogP contribution in [-0.4, -0.2) is 50.5 Å². The summed E-state index contributed by atoms with van der Waals surface area (Å²) in [5.74, 6) is -1.10. The molecule has 0 saturated carbocycles. The number of carbonyl (C=O) groups is 2. The average Bonchev–Trinajstić information content (AvgIpc) is 2.80. The van der Waals surface area contributed by atoms with E-state index in [1.54, 1.807) is 19.1 Å². The second kappa shape index (κ2) is 12.2. The zero-order valence-corrected chi connectivity index (χ0v) is 21.6. The van der Waals surface area contributed by atoms with Gasteiger partial charge >= 0.3 is 6.18 Å². The molecule has 0 fully saturated rings. The lowest BCUT2D eigenvalue weighted by Gasteiger charge is -2.33. The average molecular weight is 528 g/mol. The molecule has 0 heterocycles. The Morgan fingerprint density at radius 2 is 1.69 bits per heavy atom. The molecule has 0 aliphatic rings. The van der Waals surface area contributed by atoms with E-state index >= 15 is 0 Å². The Kier molecular flexibility index (Phi) is 9.92.